The number of carbonyl (C=O) groups excluding carboxylic acids is 2. The van der Waals surface area contributed by atoms with E-state index >= 15 is 0 Å². The molecule has 3 aliphatic rings. The van der Waals surface area contributed by atoms with E-state index in [1.165, 1.54) is 0 Å². The monoisotopic (exact) mass is 362 g/mol. The number of hydrogen-bond acceptors (Lipinski definition) is 6. The van der Waals surface area contributed by atoms with E-state index in [9.17, 15) is 14.7 Å². The van der Waals surface area contributed by atoms with Crippen LogP contribution >= 0.6 is 0 Å². The molecule has 6 atom stereocenters. The third-order valence-corrected chi connectivity index (χ3v) is 5.45. The van der Waals surface area contributed by atoms with E-state index in [0.29, 0.717) is 18.4 Å². The highest BCUT2D eigenvalue weighted by Gasteiger charge is 2.58. The van der Waals surface area contributed by atoms with Crippen molar-refractivity contribution in [3.63, 3.8) is 0 Å². The lowest BCUT2D eigenvalue weighted by Crippen LogP contribution is -2.37. The largest absolute Gasteiger partial charge is 0.459 e. The maximum Gasteiger partial charge on any atom is 0.341 e. The number of rotatable bonds is 2. The summed E-state index contributed by atoms with van der Waals surface area (Å²) in [5.74, 6) is -1.39. The Kier molecular flexibility index (Phi) is 4.84. The minimum Gasteiger partial charge on any atom is -0.459 e. The molecule has 0 aromatic rings. The Morgan fingerprint density at radius 2 is 1.92 bits per heavy atom. The molecule has 0 aromatic carbocycles. The second-order valence-corrected chi connectivity index (χ2v) is 7.73. The minimum atomic E-state index is -0.946. The Hall–Kier alpha value is -1.92. The highest BCUT2D eigenvalue weighted by Crippen LogP contribution is 2.40. The second-order valence-electron chi connectivity index (χ2n) is 7.73. The van der Waals surface area contributed by atoms with Crippen molar-refractivity contribution in [2.45, 2.75) is 70.6 Å². The number of carbonyl (C=O) groups is 2. The van der Waals surface area contributed by atoms with E-state index in [1.54, 1.807) is 13.0 Å². The SMILES string of the molecule is C=C1C(=O)O[C@@H]2/C=C(\C)C[C@H](O)C=C(C)C[C@@H](OC(=O)[C@]3(C)O[C@@H]3C)C12. The molecule has 2 heterocycles. The number of hydrogen-bond donors (Lipinski definition) is 1. The van der Waals surface area contributed by atoms with Crippen molar-refractivity contribution in [2.24, 2.45) is 5.92 Å². The van der Waals surface area contributed by atoms with Crippen LogP contribution in [0.1, 0.15) is 40.5 Å². The summed E-state index contributed by atoms with van der Waals surface area (Å²) in [5.41, 5.74) is 1.14. The summed E-state index contributed by atoms with van der Waals surface area (Å²) in [6.07, 6.45) is 2.41. The van der Waals surface area contributed by atoms with Crippen LogP contribution in [0.3, 0.4) is 0 Å². The molecule has 6 heteroatoms. The third-order valence-electron chi connectivity index (χ3n) is 5.45. The van der Waals surface area contributed by atoms with Gasteiger partial charge in [0.15, 0.2) is 5.60 Å². The maximum atomic E-state index is 12.6. The van der Waals surface area contributed by atoms with E-state index in [4.69, 9.17) is 14.2 Å². The predicted molar refractivity (Wildman–Crippen MR) is 94.1 cm³/mol. The molecule has 26 heavy (non-hydrogen) atoms. The molecule has 0 aromatic heterocycles. The Bertz CT molecular complexity index is 705. The first-order valence-corrected chi connectivity index (χ1v) is 8.93. The molecule has 1 unspecified atom stereocenters. The maximum absolute atomic E-state index is 12.6. The van der Waals surface area contributed by atoms with E-state index in [0.717, 1.165) is 11.1 Å². The number of ether oxygens (including phenoxy) is 3. The summed E-state index contributed by atoms with van der Waals surface area (Å²) in [7, 11) is 0. The molecule has 0 spiro atoms. The number of aliphatic hydroxyl groups excluding tert-OH is 1. The van der Waals surface area contributed by atoms with Crippen LogP contribution in [-0.2, 0) is 23.8 Å². The fourth-order valence-electron chi connectivity index (χ4n) is 3.68. The fraction of sp³-hybridized carbons (Fsp3) is 0.600. The molecule has 0 bridgehead atoms. The van der Waals surface area contributed by atoms with E-state index < -0.39 is 41.8 Å². The molecule has 142 valence electrons. The smallest absolute Gasteiger partial charge is 0.341 e. The van der Waals surface area contributed by atoms with Crippen LogP contribution in [0.15, 0.2) is 35.5 Å². The average molecular weight is 362 g/mol. The lowest BCUT2D eigenvalue weighted by Gasteiger charge is -2.28. The highest BCUT2D eigenvalue weighted by atomic mass is 16.7. The summed E-state index contributed by atoms with van der Waals surface area (Å²) in [6, 6.07) is 0. The number of fused-ring (bicyclic) bond motifs is 1. The van der Waals surface area contributed by atoms with Gasteiger partial charge in [0.05, 0.1) is 18.1 Å². The molecule has 2 fully saturated rings. The molecule has 0 amide bonds. The van der Waals surface area contributed by atoms with Gasteiger partial charge in [-0.1, -0.05) is 23.8 Å². The zero-order valence-electron chi connectivity index (χ0n) is 15.7. The second kappa shape index (κ2) is 6.67. The van der Waals surface area contributed by atoms with E-state index in [1.807, 2.05) is 26.8 Å². The third kappa shape index (κ3) is 3.48. The topological polar surface area (TPSA) is 85.4 Å². The Morgan fingerprint density at radius 3 is 2.54 bits per heavy atom. The summed E-state index contributed by atoms with van der Waals surface area (Å²) in [6.45, 7) is 11.1. The lowest BCUT2D eigenvalue weighted by atomic mass is 9.85. The molecular weight excluding hydrogens is 336 g/mol. The van der Waals surface area contributed by atoms with Crippen LogP contribution < -0.4 is 0 Å². The van der Waals surface area contributed by atoms with Crippen molar-refractivity contribution in [1.29, 1.82) is 0 Å². The molecule has 0 radical (unpaired) electrons. The van der Waals surface area contributed by atoms with Gasteiger partial charge in [-0.05, 0) is 40.2 Å². The minimum absolute atomic E-state index is 0.199. The zero-order valence-corrected chi connectivity index (χ0v) is 15.7. The molecule has 6 nitrogen and oxygen atoms in total. The van der Waals surface area contributed by atoms with E-state index in [2.05, 4.69) is 6.58 Å². The zero-order chi connectivity index (χ0) is 19.2. The highest BCUT2D eigenvalue weighted by molar-refractivity contribution is 5.91. The first-order chi connectivity index (χ1) is 12.1. The molecule has 2 saturated heterocycles. The van der Waals surface area contributed by atoms with Gasteiger partial charge in [0, 0.05) is 12.0 Å². The number of epoxide rings is 1. The summed E-state index contributed by atoms with van der Waals surface area (Å²) < 4.78 is 16.6. The Labute approximate surface area is 153 Å². The van der Waals surface area contributed by atoms with Gasteiger partial charge in [-0.2, -0.15) is 0 Å². The van der Waals surface area contributed by atoms with Crippen LogP contribution in [0.4, 0.5) is 0 Å². The molecule has 0 saturated carbocycles. The van der Waals surface area contributed by atoms with Gasteiger partial charge in [0.1, 0.15) is 12.2 Å². The fourth-order valence-corrected chi connectivity index (χ4v) is 3.68. The van der Waals surface area contributed by atoms with Crippen LogP contribution in [0.25, 0.3) is 0 Å². The molecule has 1 N–H and O–H groups in total. The van der Waals surface area contributed by atoms with Gasteiger partial charge in [0.25, 0.3) is 0 Å². The Morgan fingerprint density at radius 1 is 1.31 bits per heavy atom. The summed E-state index contributed by atoms with van der Waals surface area (Å²) in [4.78, 5) is 24.7. The van der Waals surface area contributed by atoms with Gasteiger partial charge in [0.2, 0.25) is 0 Å². The predicted octanol–water partition coefficient (Wildman–Crippen LogP) is 2.22. The van der Waals surface area contributed by atoms with Crippen molar-refractivity contribution in [1.82, 2.24) is 0 Å². The number of aliphatic hydroxyl groups is 1. The van der Waals surface area contributed by atoms with Crippen LogP contribution in [0.2, 0.25) is 0 Å². The van der Waals surface area contributed by atoms with Crippen LogP contribution in [0, 0.1) is 5.92 Å². The number of esters is 2. The average Bonchev–Trinajstić information content (AvgIpc) is 3.04. The van der Waals surface area contributed by atoms with Crippen LogP contribution in [-0.4, -0.2) is 47.1 Å². The summed E-state index contributed by atoms with van der Waals surface area (Å²) >= 11 is 0. The van der Waals surface area contributed by atoms with Crippen molar-refractivity contribution in [3.8, 4) is 0 Å². The molecule has 2 aliphatic heterocycles. The first kappa shape index (κ1) is 18.9. The van der Waals surface area contributed by atoms with Gasteiger partial charge >= 0.3 is 11.9 Å². The van der Waals surface area contributed by atoms with Gasteiger partial charge in [-0.25, -0.2) is 9.59 Å². The van der Waals surface area contributed by atoms with Crippen molar-refractivity contribution in [3.05, 3.63) is 35.5 Å². The quantitative estimate of drug-likeness (QED) is 0.351. The van der Waals surface area contributed by atoms with Crippen molar-refractivity contribution < 1.29 is 28.9 Å². The summed E-state index contributed by atoms with van der Waals surface area (Å²) in [5, 5.41) is 10.2. The Balaban J connectivity index is 1.93. The normalized spacial score (nSPS) is 42.1. The van der Waals surface area contributed by atoms with Gasteiger partial charge in [-0.3, -0.25) is 0 Å². The van der Waals surface area contributed by atoms with Gasteiger partial charge in [-0.15, -0.1) is 0 Å². The van der Waals surface area contributed by atoms with Crippen LogP contribution in [0.5, 0.6) is 0 Å². The van der Waals surface area contributed by atoms with E-state index in [-0.39, 0.29) is 6.10 Å². The van der Waals surface area contributed by atoms with Crippen molar-refractivity contribution >= 4 is 11.9 Å². The molecule has 3 rings (SSSR count). The van der Waals surface area contributed by atoms with Gasteiger partial charge < -0.3 is 19.3 Å². The molecule has 1 aliphatic carbocycles. The lowest BCUT2D eigenvalue weighted by molar-refractivity contribution is -0.157. The first-order valence-electron chi connectivity index (χ1n) is 8.93. The standard InChI is InChI=1S/C20H26O6/c1-10-6-14(21)7-11(2)9-16(25-19(23)20(5)13(4)26-20)17-12(3)18(22)24-15(17)8-10/h7-8,13-17,21H,3,6,9H2,1-2,4-5H3/b10-8+,11-7?/t13-,14+,15-,16-,17?,20-/m1/s1. The van der Waals surface area contributed by atoms with Crippen molar-refractivity contribution in [2.75, 3.05) is 0 Å². The molecular formula is C20H26O6.